The Morgan fingerprint density at radius 1 is 1.47 bits per heavy atom. The molecule has 0 bridgehead atoms. The molecule has 2 heterocycles. The van der Waals surface area contributed by atoms with Gasteiger partial charge < -0.3 is 15.0 Å². The molecule has 4 nitrogen and oxygen atoms in total. The molecule has 4 heteroatoms. The van der Waals surface area contributed by atoms with Crippen LogP contribution in [0.1, 0.15) is 34.1 Å². The number of ether oxygens (including phenoxy) is 1. The molecule has 2 aliphatic rings. The van der Waals surface area contributed by atoms with Crippen LogP contribution in [0.15, 0.2) is 0 Å². The Balaban J connectivity index is 1.98. The summed E-state index contributed by atoms with van der Waals surface area (Å²) in [5.41, 5.74) is -0.169. The smallest absolute Gasteiger partial charge is 0.410 e. The summed E-state index contributed by atoms with van der Waals surface area (Å²) in [5.74, 6) is 0.709. The molecule has 0 aliphatic carbocycles. The maximum absolute atomic E-state index is 12.0. The van der Waals surface area contributed by atoms with Gasteiger partial charge in [0, 0.05) is 25.0 Å². The Hall–Kier alpha value is -0.770. The lowest BCUT2D eigenvalue weighted by molar-refractivity contribution is 0.00143. The predicted octanol–water partition coefficient (Wildman–Crippen LogP) is 1.85. The van der Waals surface area contributed by atoms with Crippen molar-refractivity contribution >= 4 is 6.09 Å². The van der Waals surface area contributed by atoms with E-state index < -0.39 is 5.60 Å². The fraction of sp³-hybridized carbons (Fsp3) is 0.923. The number of nitrogens with one attached hydrogen (secondary N) is 1. The molecule has 2 saturated heterocycles. The van der Waals surface area contributed by atoms with Gasteiger partial charge >= 0.3 is 6.09 Å². The zero-order valence-corrected chi connectivity index (χ0v) is 11.4. The van der Waals surface area contributed by atoms with Gasteiger partial charge in [-0.05, 0) is 39.7 Å². The molecular weight excluding hydrogens is 216 g/mol. The highest BCUT2D eigenvalue weighted by Gasteiger charge is 2.44. The summed E-state index contributed by atoms with van der Waals surface area (Å²) in [6.07, 6.45) is 0.923. The van der Waals surface area contributed by atoms with Crippen molar-refractivity contribution in [2.75, 3.05) is 26.2 Å². The summed E-state index contributed by atoms with van der Waals surface area (Å²) < 4.78 is 5.44. The summed E-state index contributed by atoms with van der Waals surface area (Å²) in [5, 5.41) is 3.43. The summed E-state index contributed by atoms with van der Waals surface area (Å²) >= 11 is 0. The van der Waals surface area contributed by atoms with Crippen molar-refractivity contribution in [1.29, 1.82) is 0 Å². The zero-order chi connectivity index (χ0) is 12.7. The average molecular weight is 240 g/mol. The SMILES string of the molecule is CC(C)(C)OC(=O)N1CC[C@H]2CNC[C@@]2(C)C1. The van der Waals surface area contributed by atoms with E-state index in [1.54, 1.807) is 0 Å². The van der Waals surface area contributed by atoms with Crippen molar-refractivity contribution in [2.45, 2.75) is 39.7 Å². The minimum absolute atomic E-state index is 0.163. The minimum atomic E-state index is -0.400. The maximum Gasteiger partial charge on any atom is 0.410 e. The summed E-state index contributed by atoms with van der Waals surface area (Å²) in [4.78, 5) is 13.9. The first-order valence-corrected chi connectivity index (χ1v) is 6.49. The van der Waals surface area contributed by atoms with Gasteiger partial charge in [-0.15, -0.1) is 0 Å². The largest absolute Gasteiger partial charge is 0.444 e. The van der Waals surface area contributed by atoms with E-state index >= 15 is 0 Å². The second-order valence-electron chi connectivity index (χ2n) is 6.67. The number of hydrogen-bond donors (Lipinski definition) is 1. The number of carbonyl (C=O) groups excluding carboxylic acids is 1. The molecule has 0 spiro atoms. The molecule has 0 aromatic rings. The van der Waals surface area contributed by atoms with Crippen molar-refractivity contribution in [3.8, 4) is 0 Å². The van der Waals surface area contributed by atoms with Gasteiger partial charge in [-0.3, -0.25) is 0 Å². The van der Waals surface area contributed by atoms with Crippen LogP contribution in [0.5, 0.6) is 0 Å². The number of carbonyl (C=O) groups is 1. The highest BCUT2D eigenvalue weighted by molar-refractivity contribution is 5.68. The zero-order valence-electron chi connectivity index (χ0n) is 11.4. The molecule has 1 N–H and O–H groups in total. The van der Waals surface area contributed by atoms with E-state index in [1.807, 2.05) is 25.7 Å². The van der Waals surface area contributed by atoms with Gasteiger partial charge in [0.2, 0.25) is 0 Å². The first-order valence-electron chi connectivity index (χ1n) is 6.49. The third kappa shape index (κ3) is 2.73. The van der Waals surface area contributed by atoms with Crippen LogP contribution < -0.4 is 5.32 Å². The van der Waals surface area contributed by atoms with Crippen LogP contribution in [0.3, 0.4) is 0 Å². The number of amides is 1. The standard InChI is InChI=1S/C13H24N2O2/c1-12(2,3)17-11(16)15-6-5-10-7-14-8-13(10,4)9-15/h10,14H,5-9H2,1-4H3/t10-,13-/m0/s1. The predicted molar refractivity (Wildman–Crippen MR) is 66.9 cm³/mol. The van der Waals surface area contributed by atoms with E-state index in [-0.39, 0.29) is 11.5 Å². The number of piperidine rings is 1. The third-order valence-corrected chi connectivity index (χ3v) is 3.86. The Morgan fingerprint density at radius 3 is 2.82 bits per heavy atom. The van der Waals surface area contributed by atoms with Crippen molar-refractivity contribution in [3.63, 3.8) is 0 Å². The molecule has 2 fully saturated rings. The van der Waals surface area contributed by atoms with Gasteiger partial charge in [0.15, 0.2) is 0 Å². The number of nitrogens with zero attached hydrogens (tertiary/aromatic N) is 1. The van der Waals surface area contributed by atoms with Crippen molar-refractivity contribution in [3.05, 3.63) is 0 Å². The van der Waals surface area contributed by atoms with Crippen LogP contribution in [-0.2, 0) is 4.74 Å². The topological polar surface area (TPSA) is 41.6 Å². The van der Waals surface area contributed by atoms with Gasteiger partial charge in [0.25, 0.3) is 0 Å². The van der Waals surface area contributed by atoms with Gasteiger partial charge in [-0.2, -0.15) is 0 Å². The number of likely N-dealkylation sites (tertiary alicyclic amines) is 1. The lowest BCUT2D eigenvalue weighted by Crippen LogP contribution is -2.50. The monoisotopic (exact) mass is 240 g/mol. The molecule has 98 valence electrons. The van der Waals surface area contributed by atoms with Crippen LogP contribution in [0, 0.1) is 11.3 Å². The highest BCUT2D eigenvalue weighted by atomic mass is 16.6. The molecule has 0 saturated carbocycles. The van der Waals surface area contributed by atoms with E-state index in [1.165, 1.54) is 0 Å². The van der Waals surface area contributed by atoms with Crippen molar-refractivity contribution in [1.82, 2.24) is 10.2 Å². The molecule has 2 aliphatic heterocycles. The van der Waals surface area contributed by atoms with E-state index in [0.717, 1.165) is 32.6 Å². The fourth-order valence-corrected chi connectivity index (χ4v) is 2.87. The van der Waals surface area contributed by atoms with Gasteiger partial charge in [0.1, 0.15) is 5.60 Å². The summed E-state index contributed by atoms with van der Waals surface area (Å²) in [6, 6.07) is 0. The van der Waals surface area contributed by atoms with E-state index in [2.05, 4.69) is 12.2 Å². The molecule has 17 heavy (non-hydrogen) atoms. The number of hydrogen-bond acceptors (Lipinski definition) is 3. The van der Waals surface area contributed by atoms with Crippen molar-refractivity contribution < 1.29 is 9.53 Å². The average Bonchev–Trinajstić information content (AvgIpc) is 2.55. The minimum Gasteiger partial charge on any atom is -0.444 e. The van der Waals surface area contributed by atoms with Crippen LogP contribution >= 0.6 is 0 Å². The van der Waals surface area contributed by atoms with Crippen LogP contribution in [0.2, 0.25) is 0 Å². The molecule has 0 aromatic heterocycles. The van der Waals surface area contributed by atoms with E-state index in [4.69, 9.17) is 4.74 Å². The van der Waals surface area contributed by atoms with Crippen LogP contribution in [-0.4, -0.2) is 42.8 Å². The summed E-state index contributed by atoms with van der Waals surface area (Å²) in [6.45, 7) is 11.8. The second-order valence-corrected chi connectivity index (χ2v) is 6.67. The highest BCUT2D eigenvalue weighted by Crippen LogP contribution is 2.38. The van der Waals surface area contributed by atoms with Crippen LogP contribution in [0.4, 0.5) is 4.79 Å². The number of fused-ring (bicyclic) bond motifs is 1. The van der Waals surface area contributed by atoms with E-state index in [0.29, 0.717) is 5.92 Å². The van der Waals surface area contributed by atoms with E-state index in [9.17, 15) is 4.79 Å². The third-order valence-electron chi connectivity index (χ3n) is 3.86. The quantitative estimate of drug-likeness (QED) is 0.702. The lowest BCUT2D eigenvalue weighted by atomic mass is 9.75. The molecule has 1 amide bonds. The lowest BCUT2D eigenvalue weighted by Gasteiger charge is -2.42. The van der Waals surface area contributed by atoms with Crippen LogP contribution in [0.25, 0.3) is 0 Å². The first-order chi connectivity index (χ1) is 7.80. The fourth-order valence-electron chi connectivity index (χ4n) is 2.87. The Bertz CT molecular complexity index is 311. The molecule has 0 aromatic carbocycles. The molecule has 2 atom stereocenters. The molecule has 0 radical (unpaired) electrons. The first kappa shape index (κ1) is 12.7. The maximum atomic E-state index is 12.0. The van der Waals surface area contributed by atoms with Gasteiger partial charge in [-0.25, -0.2) is 4.79 Å². The van der Waals surface area contributed by atoms with Gasteiger partial charge in [-0.1, -0.05) is 6.92 Å². The second kappa shape index (κ2) is 4.16. The normalized spacial score (nSPS) is 33.4. The summed E-state index contributed by atoms with van der Waals surface area (Å²) in [7, 11) is 0. The molecular formula is C13H24N2O2. The Labute approximate surface area is 104 Å². The Kier molecular flexibility index (Phi) is 3.10. The molecule has 0 unspecified atom stereocenters. The van der Waals surface area contributed by atoms with Crippen molar-refractivity contribution in [2.24, 2.45) is 11.3 Å². The Morgan fingerprint density at radius 2 is 2.18 bits per heavy atom. The molecule has 2 rings (SSSR count). The van der Waals surface area contributed by atoms with Gasteiger partial charge in [0.05, 0.1) is 0 Å². The number of rotatable bonds is 0.